The molecule has 0 radical (unpaired) electrons. The number of hydrogen-bond donors (Lipinski definition) is 1. The van der Waals surface area contributed by atoms with Crippen LogP contribution in [0.5, 0.6) is 0 Å². The normalized spacial score (nSPS) is 15.0. The molecule has 3 aromatic rings. The molecule has 2 aromatic carbocycles. The lowest BCUT2D eigenvalue weighted by atomic mass is 9.96. The molecule has 1 aliphatic rings. The molecule has 0 fully saturated rings. The van der Waals surface area contributed by atoms with E-state index in [9.17, 15) is 9.59 Å². The average Bonchev–Trinajstić information content (AvgIpc) is 3.15. The Bertz CT molecular complexity index is 1090. The molecular formula is C20H20N6O2S. The molecule has 0 bridgehead atoms. The molecule has 0 unspecified atom stereocenters. The fourth-order valence-electron chi connectivity index (χ4n) is 3.31. The Morgan fingerprint density at radius 1 is 1.10 bits per heavy atom. The number of anilines is 2. The Labute approximate surface area is 172 Å². The van der Waals surface area contributed by atoms with Gasteiger partial charge in [-0.25, -0.2) is 0 Å². The quantitative estimate of drug-likeness (QED) is 0.668. The lowest BCUT2D eigenvalue weighted by Crippen LogP contribution is -2.59. The number of carbonyl (C=O) groups excluding carboxylic acids is 2. The summed E-state index contributed by atoms with van der Waals surface area (Å²) in [5.74, 6) is -0.321. The molecule has 0 spiro atoms. The zero-order valence-electron chi connectivity index (χ0n) is 16.3. The molecule has 1 aliphatic heterocycles. The van der Waals surface area contributed by atoms with Crippen LogP contribution in [-0.4, -0.2) is 43.3 Å². The number of benzene rings is 2. The molecule has 4 rings (SSSR count). The number of carbonyl (C=O) groups is 2. The van der Waals surface area contributed by atoms with Gasteiger partial charge in [-0.3, -0.25) is 14.5 Å². The van der Waals surface area contributed by atoms with E-state index in [4.69, 9.17) is 0 Å². The maximum atomic E-state index is 13.2. The van der Waals surface area contributed by atoms with Crippen molar-refractivity contribution in [3.8, 4) is 5.69 Å². The summed E-state index contributed by atoms with van der Waals surface area (Å²) >= 11 is 1.24. The van der Waals surface area contributed by atoms with E-state index in [1.54, 1.807) is 29.5 Å². The first-order valence-corrected chi connectivity index (χ1v) is 10.1. The average molecular weight is 408 g/mol. The lowest BCUT2D eigenvalue weighted by Gasteiger charge is -2.42. The molecular weight excluding hydrogens is 388 g/mol. The van der Waals surface area contributed by atoms with E-state index in [0.29, 0.717) is 16.5 Å². The predicted octanol–water partition coefficient (Wildman–Crippen LogP) is 2.83. The maximum Gasteiger partial charge on any atom is 0.250 e. The number of para-hydroxylation sites is 3. The number of thioether (sulfide) groups is 1. The third-order valence-electron chi connectivity index (χ3n) is 4.87. The number of fused-ring (bicyclic) bond motifs is 1. The Kier molecular flexibility index (Phi) is 4.83. The Morgan fingerprint density at radius 2 is 1.79 bits per heavy atom. The molecule has 148 valence electrons. The second kappa shape index (κ2) is 7.32. The minimum Gasteiger partial charge on any atom is -0.322 e. The number of hydrogen-bond acceptors (Lipinski definition) is 6. The van der Waals surface area contributed by atoms with E-state index < -0.39 is 5.54 Å². The van der Waals surface area contributed by atoms with Crippen molar-refractivity contribution in [3.63, 3.8) is 0 Å². The Balaban J connectivity index is 1.59. The topological polar surface area (TPSA) is 93.0 Å². The van der Waals surface area contributed by atoms with Crippen molar-refractivity contribution in [3.05, 3.63) is 54.1 Å². The number of amides is 2. The van der Waals surface area contributed by atoms with Gasteiger partial charge in [0.2, 0.25) is 17.0 Å². The maximum absolute atomic E-state index is 13.2. The molecule has 29 heavy (non-hydrogen) atoms. The van der Waals surface area contributed by atoms with Crippen molar-refractivity contribution in [1.82, 2.24) is 20.2 Å². The zero-order chi connectivity index (χ0) is 20.6. The van der Waals surface area contributed by atoms with Crippen LogP contribution in [0.25, 0.3) is 5.69 Å². The highest BCUT2D eigenvalue weighted by Crippen LogP contribution is 2.37. The number of nitrogens with one attached hydrogen (secondary N) is 1. The van der Waals surface area contributed by atoms with Crippen molar-refractivity contribution in [2.75, 3.05) is 16.0 Å². The van der Waals surface area contributed by atoms with Gasteiger partial charge in [0, 0.05) is 0 Å². The molecule has 2 amide bonds. The van der Waals surface area contributed by atoms with E-state index in [1.165, 1.54) is 11.8 Å². The van der Waals surface area contributed by atoms with Gasteiger partial charge in [0.1, 0.15) is 5.54 Å². The number of aromatic nitrogens is 4. The molecule has 0 saturated heterocycles. The predicted molar refractivity (Wildman–Crippen MR) is 111 cm³/mol. The summed E-state index contributed by atoms with van der Waals surface area (Å²) in [5, 5.41) is 15.3. The Hall–Kier alpha value is -3.20. The van der Waals surface area contributed by atoms with Gasteiger partial charge in [-0.15, -0.1) is 5.10 Å². The molecule has 9 heteroatoms. The molecule has 1 aromatic heterocycles. The monoisotopic (exact) mass is 408 g/mol. The highest BCUT2D eigenvalue weighted by atomic mass is 32.2. The summed E-state index contributed by atoms with van der Waals surface area (Å²) < 4.78 is 1.62. The van der Waals surface area contributed by atoms with Gasteiger partial charge in [-0.2, -0.15) is 4.68 Å². The van der Waals surface area contributed by atoms with Crippen LogP contribution in [0.2, 0.25) is 0 Å². The van der Waals surface area contributed by atoms with Crippen molar-refractivity contribution in [1.29, 1.82) is 0 Å². The van der Waals surface area contributed by atoms with Gasteiger partial charge in [0.05, 0.1) is 22.8 Å². The third-order valence-corrected chi connectivity index (χ3v) is 5.77. The van der Waals surface area contributed by atoms with Crippen molar-refractivity contribution >= 4 is 35.0 Å². The van der Waals surface area contributed by atoms with Crippen molar-refractivity contribution < 1.29 is 9.59 Å². The van der Waals surface area contributed by atoms with E-state index in [1.807, 2.05) is 49.4 Å². The lowest BCUT2D eigenvalue weighted by molar-refractivity contribution is -0.125. The second-order valence-electron chi connectivity index (χ2n) is 7.21. The van der Waals surface area contributed by atoms with Crippen LogP contribution in [0.15, 0.2) is 53.7 Å². The van der Waals surface area contributed by atoms with Crippen LogP contribution in [0.1, 0.15) is 19.4 Å². The first-order chi connectivity index (χ1) is 13.9. The first-order valence-electron chi connectivity index (χ1n) is 9.10. The molecule has 0 saturated carbocycles. The molecule has 0 atom stereocenters. The summed E-state index contributed by atoms with van der Waals surface area (Å²) in [6.07, 6.45) is 0. The van der Waals surface area contributed by atoms with Gasteiger partial charge in [0.15, 0.2) is 0 Å². The van der Waals surface area contributed by atoms with Crippen LogP contribution >= 0.6 is 11.8 Å². The minimum atomic E-state index is -1.01. The number of tetrazole rings is 1. The fourth-order valence-corrected chi connectivity index (χ4v) is 4.04. The van der Waals surface area contributed by atoms with Gasteiger partial charge in [0.25, 0.3) is 0 Å². The SMILES string of the molecule is Cc1ccccc1-n1nnnc1SCC(=O)N1c2ccccc2NC(=O)C1(C)C. The first kappa shape index (κ1) is 19.1. The largest absolute Gasteiger partial charge is 0.322 e. The smallest absolute Gasteiger partial charge is 0.250 e. The Morgan fingerprint density at radius 3 is 2.55 bits per heavy atom. The summed E-state index contributed by atoms with van der Waals surface area (Å²) in [7, 11) is 0. The van der Waals surface area contributed by atoms with Crippen LogP contribution in [0.4, 0.5) is 11.4 Å². The fraction of sp³-hybridized carbons (Fsp3) is 0.250. The van der Waals surface area contributed by atoms with Crippen LogP contribution < -0.4 is 10.2 Å². The van der Waals surface area contributed by atoms with Crippen LogP contribution in [0.3, 0.4) is 0 Å². The van der Waals surface area contributed by atoms with Gasteiger partial charge < -0.3 is 5.32 Å². The number of rotatable bonds is 4. The highest BCUT2D eigenvalue weighted by Gasteiger charge is 2.43. The van der Waals surface area contributed by atoms with Gasteiger partial charge in [-0.05, 0) is 55.0 Å². The third kappa shape index (κ3) is 3.38. The molecule has 0 aliphatic carbocycles. The van der Waals surface area contributed by atoms with Crippen molar-refractivity contribution in [2.45, 2.75) is 31.5 Å². The molecule has 8 nitrogen and oxygen atoms in total. The van der Waals surface area contributed by atoms with E-state index in [0.717, 1.165) is 11.3 Å². The van der Waals surface area contributed by atoms with Gasteiger partial charge >= 0.3 is 0 Å². The summed E-state index contributed by atoms with van der Waals surface area (Å²) in [6.45, 7) is 5.44. The van der Waals surface area contributed by atoms with Crippen molar-refractivity contribution in [2.24, 2.45) is 0 Å². The van der Waals surface area contributed by atoms with E-state index in [2.05, 4.69) is 20.8 Å². The van der Waals surface area contributed by atoms with Crippen LogP contribution in [-0.2, 0) is 9.59 Å². The standard InChI is InChI=1S/C20H20N6O2S/c1-13-8-4-6-10-15(13)26-19(22-23-24-26)29-12-17(27)25-16-11-7-5-9-14(16)21-18(28)20(25,2)3/h4-11H,12H2,1-3H3,(H,21,28). The zero-order valence-corrected chi connectivity index (χ0v) is 17.1. The molecule has 2 heterocycles. The second-order valence-corrected chi connectivity index (χ2v) is 8.15. The van der Waals surface area contributed by atoms with E-state index >= 15 is 0 Å². The summed E-state index contributed by atoms with van der Waals surface area (Å²) in [6, 6.07) is 15.0. The summed E-state index contributed by atoms with van der Waals surface area (Å²) in [5.41, 5.74) is 2.18. The minimum absolute atomic E-state index is 0.0945. The van der Waals surface area contributed by atoms with Gasteiger partial charge in [-0.1, -0.05) is 42.1 Å². The highest BCUT2D eigenvalue weighted by molar-refractivity contribution is 7.99. The van der Waals surface area contributed by atoms with Crippen LogP contribution in [0, 0.1) is 6.92 Å². The number of nitrogens with zero attached hydrogens (tertiary/aromatic N) is 5. The van der Waals surface area contributed by atoms with E-state index in [-0.39, 0.29) is 17.6 Å². The summed E-state index contributed by atoms with van der Waals surface area (Å²) in [4.78, 5) is 27.3. The molecule has 1 N–H and O–H groups in total. The number of aryl methyl sites for hydroxylation is 1.